The highest BCUT2D eigenvalue weighted by molar-refractivity contribution is 6.22. The van der Waals surface area contributed by atoms with E-state index >= 15 is 0 Å². The number of hydrogen-bond acceptors (Lipinski definition) is 5. The summed E-state index contributed by atoms with van der Waals surface area (Å²) in [5, 5.41) is 2.73. The topological polar surface area (TPSA) is 84.9 Å². The molecule has 0 aliphatic carbocycles. The van der Waals surface area contributed by atoms with Gasteiger partial charge in [0, 0.05) is 5.56 Å². The summed E-state index contributed by atoms with van der Waals surface area (Å²) in [6, 6.07) is 23.3. The Bertz CT molecular complexity index is 1220. The fraction of sp³-hybridized carbons (Fsp3) is 0.115. The number of para-hydroxylation sites is 3. The second-order valence-corrected chi connectivity index (χ2v) is 7.29. The molecular formula is C26H22N2O5. The van der Waals surface area contributed by atoms with Crippen LogP contribution in [0.25, 0.3) is 11.6 Å². The summed E-state index contributed by atoms with van der Waals surface area (Å²) >= 11 is 0. The van der Waals surface area contributed by atoms with Gasteiger partial charge in [0.15, 0.2) is 6.61 Å². The van der Waals surface area contributed by atoms with Crippen LogP contribution in [0.3, 0.4) is 0 Å². The number of methoxy groups -OCH3 is 1. The van der Waals surface area contributed by atoms with E-state index in [2.05, 4.69) is 5.32 Å². The zero-order valence-corrected chi connectivity index (χ0v) is 18.0. The number of hydrogen-bond donors (Lipinski definition) is 1. The van der Waals surface area contributed by atoms with Gasteiger partial charge >= 0.3 is 5.97 Å². The number of rotatable bonds is 6. The minimum Gasteiger partial charge on any atom is -0.496 e. The second-order valence-electron chi connectivity index (χ2n) is 7.29. The number of carbonyl (C=O) groups excluding carboxylic acids is 3. The first kappa shape index (κ1) is 21.8. The average Bonchev–Trinajstić information content (AvgIpc) is 2.85. The first-order valence-corrected chi connectivity index (χ1v) is 10.3. The first-order valence-electron chi connectivity index (χ1n) is 10.3. The predicted molar refractivity (Wildman–Crippen MR) is 126 cm³/mol. The molecule has 1 aliphatic rings. The second kappa shape index (κ2) is 9.82. The molecule has 1 aliphatic heterocycles. The summed E-state index contributed by atoms with van der Waals surface area (Å²) in [7, 11) is 1.55. The van der Waals surface area contributed by atoms with Crippen molar-refractivity contribution in [3.05, 3.63) is 90.0 Å². The molecule has 0 saturated carbocycles. The number of amides is 2. The van der Waals surface area contributed by atoms with E-state index in [0.29, 0.717) is 28.3 Å². The monoisotopic (exact) mass is 442 g/mol. The lowest BCUT2D eigenvalue weighted by atomic mass is 10.0. The molecule has 2 amide bonds. The molecule has 0 unspecified atom stereocenters. The van der Waals surface area contributed by atoms with E-state index in [9.17, 15) is 14.4 Å². The number of carbonyl (C=O) groups is 3. The van der Waals surface area contributed by atoms with Gasteiger partial charge < -0.3 is 14.8 Å². The molecule has 1 heterocycles. The molecule has 0 bridgehead atoms. The maximum absolute atomic E-state index is 13.1. The van der Waals surface area contributed by atoms with Gasteiger partial charge in [0.2, 0.25) is 5.91 Å². The summed E-state index contributed by atoms with van der Waals surface area (Å²) in [6.07, 6.45) is 1.67. The Morgan fingerprint density at radius 2 is 1.67 bits per heavy atom. The molecule has 0 fully saturated rings. The molecule has 0 radical (unpaired) electrons. The lowest BCUT2D eigenvalue weighted by Gasteiger charge is -2.28. The van der Waals surface area contributed by atoms with Gasteiger partial charge in [-0.1, -0.05) is 60.7 Å². The van der Waals surface area contributed by atoms with Crippen LogP contribution in [0, 0.1) is 0 Å². The maximum atomic E-state index is 13.1. The third kappa shape index (κ3) is 4.93. The molecule has 1 N–H and O–H groups in total. The number of anilines is 2. The van der Waals surface area contributed by atoms with E-state index in [4.69, 9.17) is 9.47 Å². The fourth-order valence-corrected chi connectivity index (χ4v) is 3.56. The van der Waals surface area contributed by atoms with Crippen LogP contribution in [0.1, 0.15) is 11.1 Å². The van der Waals surface area contributed by atoms with Crippen molar-refractivity contribution in [2.24, 2.45) is 0 Å². The molecule has 33 heavy (non-hydrogen) atoms. The molecule has 7 nitrogen and oxygen atoms in total. The number of nitrogens with one attached hydrogen (secondary N) is 1. The zero-order chi connectivity index (χ0) is 23.2. The van der Waals surface area contributed by atoms with Crippen LogP contribution in [0.2, 0.25) is 0 Å². The van der Waals surface area contributed by atoms with Crippen molar-refractivity contribution in [2.75, 3.05) is 30.5 Å². The normalized spacial score (nSPS) is 13.1. The van der Waals surface area contributed by atoms with Crippen molar-refractivity contribution in [2.45, 2.75) is 0 Å². The van der Waals surface area contributed by atoms with Crippen molar-refractivity contribution >= 4 is 40.8 Å². The average molecular weight is 442 g/mol. The minimum absolute atomic E-state index is 0.143. The van der Waals surface area contributed by atoms with Gasteiger partial charge in [-0.3, -0.25) is 14.5 Å². The van der Waals surface area contributed by atoms with E-state index in [1.807, 2.05) is 36.4 Å². The Balaban J connectivity index is 1.56. The van der Waals surface area contributed by atoms with Crippen LogP contribution in [-0.4, -0.2) is 38.0 Å². The van der Waals surface area contributed by atoms with Crippen molar-refractivity contribution in [3.8, 4) is 5.75 Å². The summed E-state index contributed by atoms with van der Waals surface area (Å²) in [5.74, 6) is -0.856. The van der Waals surface area contributed by atoms with E-state index < -0.39 is 18.5 Å². The molecule has 3 aromatic carbocycles. The van der Waals surface area contributed by atoms with E-state index in [-0.39, 0.29) is 18.0 Å². The Kier molecular flexibility index (Phi) is 6.50. The van der Waals surface area contributed by atoms with Gasteiger partial charge in [-0.2, -0.15) is 0 Å². The molecule has 3 aromatic rings. The quantitative estimate of drug-likeness (QED) is 0.357. The molecule has 4 rings (SSSR count). The molecule has 0 saturated heterocycles. The number of nitrogens with zero attached hydrogens (tertiary/aromatic N) is 1. The van der Waals surface area contributed by atoms with Crippen LogP contribution in [0.4, 0.5) is 11.4 Å². The van der Waals surface area contributed by atoms with E-state index in [1.165, 1.54) is 4.90 Å². The smallest absolute Gasteiger partial charge is 0.339 e. The van der Waals surface area contributed by atoms with E-state index in [1.54, 1.807) is 55.7 Å². The Hall–Kier alpha value is -4.39. The third-order valence-corrected chi connectivity index (χ3v) is 5.14. The molecule has 0 aromatic heterocycles. The first-order chi connectivity index (χ1) is 16.1. The lowest BCUT2D eigenvalue weighted by molar-refractivity contribution is -0.142. The molecular weight excluding hydrogens is 420 g/mol. The van der Waals surface area contributed by atoms with Crippen LogP contribution in [0.15, 0.2) is 78.9 Å². The van der Waals surface area contributed by atoms with Crippen LogP contribution in [0.5, 0.6) is 5.75 Å². The van der Waals surface area contributed by atoms with Crippen LogP contribution < -0.4 is 15.0 Å². The Morgan fingerprint density at radius 3 is 2.45 bits per heavy atom. The number of ether oxygens (including phenoxy) is 2. The maximum Gasteiger partial charge on any atom is 0.339 e. The van der Waals surface area contributed by atoms with Gasteiger partial charge in [-0.05, 0) is 29.8 Å². The number of esters is 1. The van der Waals surface area contributed by atoms with Crippen molar-refractivity contribution in [1.82, 2.24) is 0 Å². The van der Waals surface area contributed by atoms with Crippen molar-refractivity contribution in [3.63, 3.8) is 0 Å². The van der Waals surface area contributed by atoms with Gasteiger partial charge in [0.05, 0.1) is 24.1 Å². The van der Waals surface area contributed by atoms with Crippen LogP contribution in [-0.2, 0) is 19.1 Å². The highest BCUT2D eigenvalue weighted by atomic mass is 16.5. The standard InChI is InChI=1S/C26H22N2O5/c1-32-23-14-8-5-11-19(23)15-20(18-9-3-2-4-10-18)26(31)33-17-25(30)28-16-24(29)27-21-12-6-7-13-22(21)28/h2-15H,16-17H2,1H3,(H,27,29)/b20-15+. The molecule has 166 valence electrons. The van der Waals surface area contributed by atoms with Gasteiger partial charge in [0.1, 0.15) is 12.3 Å². The summed E-state index contributed by atoms with van der Waals surface area (Å²) in [5.41, 5.74) is 2.72. The zero-order valence-electron chi connectivity index (χ0n) is 18.0. The fourth-order valence-electron chi connectivity index (χ4n) is 3.56. The van der Waals surface area contributed by atoms with Gasteiger partial charge in [0.25, 0.3) is 5.91 Å². The summed E-state index contributed by atoms with van der Waals surface area (Å²) in [4.78, 5) is 39.2. The van der Waals surface area contributed by atoms with Crippen molar-refractivity contribution in [1.29, 1.82) is 0 Å². The Morgan fingerprint density at radius 1 is 0.970 bits per heavy atom. The number of benzene rings is 3. The van der Waals surface area contributed by atoms with Crippen LogP contribution >= 0.6 is 0 Å². The predicted octanol–water partition coefficient (Wildman–Crippen LogP) is 3.76. The lowest BCUT2D eigenvalue weighted by Crippen LogP contribution is -2.44. The highest BCUT2D eigenvalue weighted by Crippen LogP contribution is 2.29. The summed E-state index contributed by atoms with van der Waals surface area (Å²) in [6.45, 7) is -0.646. The number of fused-ring (bicyclic) bond motifs is 1. The van der Waals surface area contributed by atoms with Crippen molar-refractivity contribution < 1.29 is 23.9 Å². The molecule has 0 atom stereocenters. The van der Waals surface area contributed by atoms with E-state index in [0.717, 1.165) is 0 Å². The molecule has 7 heteroatoms. The SMILES string of the molecule is COc1ccccc1/C=C(/C(=O)OCC(=O)N1CC(=O)Nc2ccccc21)c1ccccc1. The minimum atomic E-state index is -0.657. The van der Waals surface area contributed by atoms with Gasteiger partial charge in [-0.25, -0.2) is 4.79 Å². The van der Waals surface area contributed by atoms with Gasteiger partial charge in [-0.15, -0.1) is 0 Å². The third-order valence-electron chi connectivity index (χ3n) is 5.14. The summed E-state index contributed by atoms with van der Waals surface area (Å²) < 4.78 is 10.8. The Labute approximate surface area is 191 Å². The highest BCUT2D eigenvalue weighted by Gasteiger charge is 2.27. The largest absolute Gasteiger partial charge is 0.496 e. The molecule has 0 spiro atoms.